The number of benzene rings is 1. The van der Waals surface area contributed by atoms with Crippen LogP contribution in [0.4, 0.5) is 10.5 Å². The van der Waals surface area contributed by atoms with Crippen LogP contribution in [0, 0.1) is 6.92 Å². The number of amides is 2. The van der Waals surface area contributed by atoms with Crippen molar-refractivity contribution < 1.29 is 14.7 Å². The van der Waals surface area contributed by atoms with Gasteiger partial charge in [0, 0.05) is 11.4 Å². The highest BCUT2D eigenvalue weighted by atomic mass is 32.2. The van der Waals surface area contributed by atoms with Gasteiger partial charge in [-0.25, -0.2) is 4.79 Å². The van der Waals surface area contributed by atoms with E-state index in [9.17, 15) is 14.7 Å². The first-order chi connectivity index (χ1) is 19.4. The molecule has 3 rings (SSSR count). The van der Waals surface area contributed by atoms with Crippen LogP contribution < -0.4 is 4.90 Å². The summed E-state index contributed by atoms with van der Waals surface area (Å²) in [5, 5.41) is 10.3. The second-order valence-corrected chi connectivity index (χ2v) is 13.6. The van der Waals surface area contributed by atoms with Crippen molar-refractivity contribution in [3.8, 4) is 0 Å². The third-order valence-electron chi connectivity index (χ3n) is 7.48. The van der Waals surface area contributed by atoms with E-state index in [-0.39, 0.29) is 4.32 Å². The summed E-state index contributed by atoms with van der Waals surface area (Å²) in [5.41, 5.74) is 2.42. The SMILES string of the molecule is CCCCCCCCCCCCCCCCCCN1/C(=C\C=C2\SC(=S)N(C(=O)O)C2=O)Sc2cc(C)ccc21. The minimum atomic E-state index is -1.33. The average Bonchev–Trinajstić information content (AvgIpc) is 3.41. The number of allylic oxidation sites excluding steroid dienone is 2. The topological polar surface area (TPSA) is 60.9 Å². The molecule has 40 heavy (non-hydrogen) atoms. The Kier molecular flexibility index (Phi) is 14.7. The van der Waals surface area contributed by atoms with Gasteiger partial charge >= 0.3 is 6.09 Å². The Balaban J connectivity index is 1.37. The minimum absolute atomic E-state index is 0.0603. The van der Waals surface area contributed by atoms with Gasteiger partial charge in [0.1, 0.15) is 0 Å². The van der Waals surface area contributed by atoms with Gasteiger partial charge in [-0.05, 0) is 43.2 Å². The maximum absolute atomic E-state index is 12.5. The lowest BCUT2D eigenvalue weighted by Crippen LogP contribution is -2.33. The van der Waals surface area contributed by atoms with Crippen molar-refractivity contribution in [2.75, 3.05) is 11.4 Å². The quantitative estimate of drug-likeness (QED) is 0.102. The van der Waals surface area contributed by atoms with Gasteiger partial charge < -0.3 is 10.0 Å². The summed E-state index contributed by atoms with van der Waals surface area (Å²) >= 11 is 7.81. The lowest BCUT2D eigenvalue weighted by molar-refractivity contribution is -0.120. The van der Waals surface area contributed by atoms with Gasteiger partial charge in [0.15, 0.2) is 4.32 Å². The standard InChI is InChI=1S/C32H46N2O3S3/c1-3-4-5-6-7-8-9-10-11-12-13-14-15-16-17-18-23-33-26-20-19-25(2)24-28(26)39-29(33)22-21-27-30(35)34(31(36)37)32(38)40-27/h19-22,24H,3-18,23H2,1-2H3,(H,36,37)/b27-21+,29-22+. The summed E-state index contributed by atoms with van der Waals surface area (Å²) in [6.07, 6.45) is 24.0. The molecule has 2 aliphatic rings. The Labute approximate surface area is 255 Å². The summed E-state index contributed by atoms with van der Waals surface area (Å²) in [5.74, 6) is -0.569. The highest BCUT2D eigenvalue weighted by Crippen LogP contribution is 2.46. The van der Waals surface area contributed by atoms with Crippen molar-refractivity contribution >= 4 is 57.7 Å². The molecule has 0 aromatic heterocycles. The lowest BCUT2D eigenvalue weighted by Gasteiger charge is -2.20. The fourth-order valence-electron chi connectivity index (χ4n) is 5.18. The number of carbonyl (C=O) groups excluding carboxylic acids is 1. The fourth-order valence-corrected chi connectivity index (χ4v) is 7.55. The van der Waals surface area contributed by atoms with Crippen molar-refractivity contribution in [1.82, 2.24) is 4.90 Å². The molecule has 2 aliphatic heterocycles. The molecule has 1 aromatic rings. The molecular formula is C32H46N2O3S3. The Hall–Kier alpha value is -1.77. The van der Waals surface area contributed by atoms with Crippen molar-refractivity contribution in [2.24, 2.45) is 0 Å². The van der Waals surface area contributed by atoms with Crippen LogP contribution in [0.2, 0.25) is 0 Å². The zero-order valence-electron chi connectivity index (χ0n) is 24.3. The number of carbonyl (C=O) groups is 2. The summed E-state index contributed by atoms with van der Waals surface area (Å²) in [6, 6.07) is 6.52. The van der Waals surface area contributed by atoms with E-state index in [1.807, 2.05) is 6.08 Å². The number of hydrogen-bond donors (Lipinski definition) is 1. The highest BCUT2D eigenvalue weighted by Gasteiger charge is 2.36. The number of thioether (sulfide) groups is 2. The molecule has 0 aliphatic carbocycles. The van der Waals surface area contributed by atoms with Crippen LogP contribution in [-0.2, 0) is 4.79 Å². The number of thiocarbonyl (C=S) groups is 1. The summed E-state index contributed by atoms with van der Waals surface area (Å²) in [7, 11) is 0. The molecule has 0 spiro atoms. The minimum Gasteiger partial charge on any atom is -0.464 e. The van der Waals surface area contributed by atoms with E-state index in [4.69, 9.17) is 12.2 Å². The number of nitrogens with zero attached hydrogens (tertiary/aromatic N) is 2. The molecule has 1 N–H and O–H groups in total. The van der Waals surface area contributed by atoms with E-state index < -0.39 is 12.0 Å². The number of hydrogen-bond acceptors (Lipinski definition) is 6. The Morgan fingerprint density at radius 1 is 0.850 bits per heavy atom. The first-order valence-electron chi connectivity index (χ1n) is 15.2. The molecule has 5 nitrogen and oxygen atoms in total. The molecule has 2 heterocycles. The van der Waals surface area contributed by atoms with Gasteiger partial charge in [-0.2, -0.15) is 4.90 Å². The third kappa shape index (κ3) is 10.3. The monoisotopic (exact) mass is 602 g/mol. The molecule has 1 saturated heterocycles. The molecule has 0 atom stereocenters. The first kappa shape index (κ1) is 32.7. The number of carboxylic acid groups (broad SMARTS) is 1. The van der Waals surface area contributed by atoms with Gasteiger partial charge in [0.25, 0.3) is 5.91 Å². The van der Waals surface area contributed by atoms with Gasteiger partial charge in [0.05, 0.1) is 15.6 Å². The van der Waals surface area contributed by atoms with Crippen molar-refractivity contribution in [1.29, 1.82) is 0 Å². The van der Waals surface area contributed by atoms with Crippen LogP contribution in [0.3, 0.4) is 0 Å². The van der Waals surface area contributed by atoms with Crippen LogP contribution in [0.5, 0.6) is 0 Å². The molecule has 0 bridgehead atoms. The van der Waals surface area contributed by atoms with E-state index >= 15 is 0 Å². The maximum atomic E-state index is 12.5. The van der Waals surface area contributed by atoms with Gasteiger partial charge in [-0.15, -0.1) is 0 Å². The first-order valence-corrected chi connectivity index (χ1v) is 17.2. The number of unbranched alkanes of at least 4 members (excludes halogenated alkanes) is 15. The fraction of sp³-hybridized carbons (Fsp3) is 0.594. The molecule has 1 fully saturated rings. The largest absolute Gasteiger partial charge is 0.464 e. The third-order valence-corrected chi connectivity index (χ3v) is 9.92. The van der Waals surface area contributed by atoms with Crippen LogP contribution in [0.15, 0.2) is 45.2 Å². The zero-order valence-corrected chi connectivity index (χ0v) is 26.7. The van der Waals surface area contributed by atoms with Crippen LogP contribution in [-0.4, -0.2) is 32.9 Å². The van der Waals surface area contributed by atoms with Gasteiger partial charge in [-0.3, -0.25) is 4.79 Å². The lowest BCUT2D eigenvalue weighted by atomic mass is 10.0. The second-order valence-electron chi connectivity index (χ2n) is 10.9. The molecule has 0 radical (unpaired) electrons. The second kappa shape index (κ2) is 17.9. The van der Waals surface area contributed by atoms with E-state index in [0.29, 0.717) is 9.81 Å². The molecule has 2 amide bonds. The molecule has 8 heteroatoms. The number of imide groups is 1. The van der Waals surface area contributed by atoms with Crippen molar-refractivity contribution in [3.05, 3.63) is 45.8 Å². The Morgan fingerprint density at radius 2 is 1.40 bits per heavy atom. The van der Waals surface area contributed by atoms with Gasteiger partial charge in [-0.1, -0.05) is 145 Å². The average molecular weight is 603 g/mol. The molecule has 220 valence electrons. The van der Waals surface area contributed by atoms with Crippen LogP contribution >= 0.6 is 35.7 Å². The molecular weight excluding hydrogens is 557 g/mol. The smallest absolute Gasteiger partial charge is 0.420 e. The predicted octanol–water partition coefficient (Wildman–Crippen LogP) is 10.4. The van der Waals surface area contributed by atoms with E-state index in [1.165, 1.54) is 112 Å². The maximum Gasteiger partial charge on any atom is 0.420 e. The summed E-state index contributed by atoms with van der Waals surface area (Å²) < 4.78 is 0.0603. The molecule has 0 saturated carbocycles. The normalized spacial score (nSPS) is 17.1. The van der Waals surface area contributed by atoms with Crippen molar-refractivity contribution in [3.63, 3.8) is 0 Å². The Bertz CT molecular complexity index is 1070. The number of anilines is 1. The van der Waals surface area contributed by atoms with E-state index in [1.54, 1.807) is 17.8 Å². The Morgan fingerprint density at radius 3 is 1.93 bits per heavy atom. The predicted molar refractivity (Wildman–Crippen MR) is 175 cm³/mol. The van der Waals surface area contributed by atoms with E-state index in [0.717, 1.165) is 29.8 Å². The van der Waals surface area contributed by atoms with Crippen LogP contribution in [0.25, 0.3) is 0 Å². The summed E-state index contributed by atoms with van der Waals surface area (Å²) in [4.78, 5) is 28.3. The number of aryl methyl sites for hydroxylation is 1. The van der Waals surface area contributed by atoms with Gasteiger partial charge in [0.2, 0.25) is 0 Å². The number of fused-ring (bicyclic) bond motifs is 1. The molecule has 0 unspecified atom stereocenters. The number of rotatable bonds is 18. The van der Waals surface area contributed by atoms with E-state index in [2.05, 4.69) is 36.9 Å². The summed E-state index contributed by atoms with van der Waals surface area (Å²) in [6.45, 7) is 5.30. The van der Waals surface area contributed by atoms with Crippen LogP contribution in [0.1, 0.15) is 115 Å². The van der Waals surface area contributed by atoms with Crippen molar-refractivity contribution in [2.45, 2.75) is 121 Å². The highest BCUT2D eigenvalue weighted by molar-refractivity contribution is 8.26. The zero-order chi connectivity index (χ0) is 28.7. The molecule has 1 aromatic carbocycles.